The third-order valence-corrected chi connectivity index (χ3v) is 3.86. The Hall–Kier alpha value is -2.06. The first-order valence-corrected chi connectivity index (χ1v) is 7.90. The largest absolute Gasteiger partial charge is 0.486 e. The predicted octanol–water partition coefficient (Wildman–Crippen LogP) is 5.42. The minimum Gasteiger partial charge on any atom is -0.486 e. The van der Waals surface area contributed by atoms with Crippen LogP contribution >= 0.6 is 11.6 Å². The van der Waals surface area contributed by atoms with Gasteiger partial charge in [-0.15, -0.1) is 0 Å². The number of nitrogens with zero attached hydrogens (tertiary/aromatic N) is 1. The Morgan fingerprint density at radius 3 is 2.73 bits per heavy atom. The van der Waals surface area contributed by atoms with Crippen molar-refractivity contribution in [3.05, 3.63) is 70.9 Å². The summed E-state index contributed by atoms with van der Waals surface area (Å²) < 4.78 is 5.81. The van der Waals surface area contributed by atoms with Crippen LogP contribution in [0.3, 0.4) is 0 Å². The number of ether oxygens (including phenoxy) is 1. The number of para-hydroxylation sites is 1. The Labute approximate surface area is 135 Å². The van der Waals surface area contributed by atoms with Crippen LogP contribution in [0.5, 0.6) is 5.75 Å². The van der Waals surface area contributed by atoms with Crippen molar-refractivity contribution in [3.63, 3.8) is 0 Å². The minimum absolute atomic E-state index is 0.414. The molecule has 0 aliphatic rings. The van der Waals surface area contributed by atoms with Gasteiger partial charge >= 0.3 is 0 Å². The van der Waals surface area contributed by atoms with Crippen molar-refractivity contribution in [1.29, 1.82) is 0 Å². The highest BCUT2D eigenvalue weighted by atomic mass is 35.5. The van der Waals surface area contributed by atoms with Crippen LogP contribution in [0.25, 0.3) is 10.9 Å². The molecule has 0 unspecified atom stereocenters. The molecule has 1 aromatic heterocycles. The second-order valence-electron chi connectivity index (χ2n) is 5.30. The van der Waals surface area contributed by atoms with Crippen LogP contribution in [-0.4, -0.2) is 4.98 Å². The van der Waals surface area contributed by atoms with E-state index in [0.717, 1.165) is 29.4 Å². The van der Waals surface area contributed by atoms with Crippen molar-refractivity contribution >= 4 is 22.5 Å². The monoisotopic (exact) mass is 311 g/mol. The number of aryl methyl sites for hydroxylation is 1. The van der Waals surface area contributed by atoms with E-state index in [2.05, 4.69) is 30.1 Å². The quantitative estimate of drug-likeness (QED) is 0.627. The van der Waals surface area contributed by atoms with Crippen molar-refractivity contribution < 1.29 is 4.74 Å². The van der Waals surface area contributed by atoms with Gasteiger partial charge in [-0.2, -0.15) is 0 Å². The summed E-state index contributed by atoms with van der Waals surface area (Å²) in [5.74, 6) is 0.705. The molecule has 3 rings (SSSR count). The molecule has 0 saturated heterocycles. The number of pyridine rings is 1. The zero-order valence-electron chi connectivity index (χ0n) is 12.6. The van der Waals surface area contributed by atoms with Crippen molar-refractivity contribution in [1.82, 2.24) is 4.98 Å². The maximum atomic E-state index is 6.28. The maximum Gasteiger partial charge on any atom is 0.138 e. The summed E-state index contributed by atoms with van der Waals surface area (Å²) >= 11 is 6.28. The zero-order chi connectivity index (χ0) is 15.4. The van der Waals surface area contributed by atoms with Gasteiger partial charge < -0.3 is 4.74 Å². The van der Waals surface area contributed by atoms with Crippen molar-refractivity contribution in [3.8, 4) is 5.75 Å². The molecule has 3 heteroatoms. The van der Waals surface area contributed by atoms with Crippen LogP contribution in [0.4, 0.5) is 0 Å². The molecule has 2 nitrogen and oxygen atoms in total. The highest BCUT2D eigenvalue weighted by molar-refractivity contribution is 6.32. The van der Waals surface area contributed by atoms with E-state index in [-0.39, 0.29) is 0 Å². The lowest BCUT2D eigenvalue weighted by atomic mass is 10.1. The molecule has 0 aliphatic heterocycles. The molecular formula is C19H18ClNO. The lowest BCUT2D eigenvalue weighted by Gasteiger charge is -2.09. The summed E-state index contributed by atoms with van der Waals surface area (Å²) in [6.07, 6.45) is 2.14. The Morgan fingerprint density at radius 2 is 1.91 bits per heavy atom. The first-order chi connectivity index (χ1) is 10.8. The molecule has 3 aromatic rings. The lowest BCUT2D eigenvalue weighted by molar-refractivity contribution is 0.302. The number of hydrogen-bond acceptors (Lipinski definition) is 2. The first-order valence-electron chi connectivity index (χ1n) is 7.52. The van der Waals surface area contributed by atoms with E-state index in [9.17, 15) is 0 Å². The molecule has 1 heterocycles. The maximum absolute atomic E-state index is 6.28. The number of rotatable bonds is 5. The van der Waals surface area contributed by atoms with Gasteiger partial charge in [-0.25, -0.2) is 4.98 Å². The summed E-state index contributed by atoms with van der Waals surface area (Å²) in [7, 11) is 0. The average Bonchev–Trinajstić information content (AvgIpc) is 2.54. The third kappa shape index (κ3) is 3.40. The minimum atomic E-state index is 0.414. The number of aromatic nitrogens is 1. The van der Waals surface area contributed by atoms with Crippen LogP contribution in [0, 0.1) is 0 Å². The fraction of sp³-hybridized carbons (Fsp3) is 0.211. The normalized spacial score (nSPS) is 10.8. The molecule has 22 heavy (non-hydrogen) atoms. The Balaban J connectivity index is 1.73. The van der Waals surface area contributed by atoms with Gasteiger partial charge in [-0.05, 0) is 36.2 Å². The van der Waals surface area contributed by atoms with Crippen molar-refractivity contribution in [2.45, 2.75) is 26.4 Å². The number of hydrogen-bond donors (Lipinski definition) is 0. The Kier molecular flexibility index (Phi) is 4.59. The SMILES string of the molecule is CCCc1ccc(OCc2ccc3ccccc3n2)c(Cl)c1. The molecule has 0 saturated carbocycles. The van der Waals surface area contributed by atoms with Gasteiger partial charge in [0.15, 0.2) is 0 Å². The smallest absolute Gasteiger partial charge is 0.138 e. The summed E-state index contributed by atoms with van der Waals surface area (Å²) in [6, 6.07) is 18.1. The summed E-state index contributed by atoms with van der Waals surface area (Å²) in [4.78, 5) is 4.60. The van der Waals surface area contributed by atoms with Crippen LogP contribution < -0.4 is 4.74 Å². The molecule has 0 atom stereocenters. The van der Waals surface area contributed by atoms with Gasteiger partial charge in [-0.1, -0.05) is 55.3 Å². The second kappa shape index (κ2) is 6.80. The average molecular weight is 312 g/mol. The van der Waals surface area contributed by atoms with Gasteiger partial charge in [0, 0.05) is 5.39 Å². The molecule has 0 fully saturated rings. The van der Waals surface area contributed by atoms with E-state index >= 15 is 0 Å². The molecule has 0 aliphatic carbocycles. The van der Waals surface area contributed by atoms with E-state index in [1.165, 1.54) is 5.56 Å². The molecule has 0 bridgehead atoms. The van der Waals surface area contributed by atoms with Gasteiger partial charge in [0.05, 0.1) is 16.2 Å². The van der Waals surface area contributed by atoms with Crippen LogP contribution in [0.2, 0.25) is 5.02 Å². The van der Waals surface area contributed by atoms with Gasteiger partial charge in [0.25, 0.3) is 0 Å². The molecule has 0 radical (unpaired) electrons. The van der Waals surface area contributed by atoms with Crippen LogP contribution in [0.15, 0.2) is 54.6 Å². The van der Waals surface area contributed by atoms with E-state index in [1.54, 1.807) is 0 Å². The van der Waals surface area contributed by atoms with E-state index in [1.807, 2.05) is 36.4 Å². The third-order valence-electron chi connectivity index (χ3n) is 3.57. The Morgan fingerprint density at radius 1 is 1.05 bits per heavy atom. The van der Waals surface area contributed by atoms with E-state index in [0.29, 0.717) is 17.4 Å². The topological polar surface area (TPSA) is 22.1 Å². The number of fused-ring (bicyclic) bond motifs is 1. The predicted molar refractivity (Wildman–Crippen MR) is 91.5 cm³/mol. The molecule has 112 valence electrons. The molecule has 2 aromatic carbocycles. The Bertz CT molecular complexity index is 785. The molecule has 0 amide bonds. The first kappa shape index (κ1) is 14.9. The number of benzene rings is 2. The van der Waals surface area contributed by atoms with Gasteiger partial charge in [0.2, 0.25) is 0 Å². The van der Waals surface area contributed by atoms with E-state index in [4.69, 9.17) is 16.3 Å². The fourth-order valence-electron chi connectivity index (χ4n) is 2.45. The van der Waals surface area contributed by atoms with Crippen molar-refractivity contribution in [2.75, 3.05) is 0 Å². The lowest BCUT2D eigenvalue weighted by Crippen LogP contribution is -1.99. The van der Waals surface area contributed by atoms with Crippen molar-refractivity contribution in [2.24, 2.45) is 0 Å². The molecule has 0 spiro atoms. The highest BCUT2D eigenvalue weighted by Gasteiger charge is 2.05. The molecular weight excluding hydrogens is 294 g/mol. The number of halogens is 1. The van der Waals surface area contributed by atoms with Gasteiger partial charge in [0.1, 0.15) is 12.4 Å². The van der Waals surface area contributed by atoms with Crippen LogP contribution in [-0.2, 0) is 13.0 Å². The van der Waals surface area contributed by atoms with Gasteiger partial charge in [-0.3, -0.25) is 0 Å². The highest BCUT2D eigenvalue weighted by Crippen LogP contribution is 2.26. The fourth-order valence-corrected chi connectivity index (χ4v) is 2.70. The van der Waals surface area contributed by atoms with Crippen LogP contribution in [0.1, 0.15) is 24.6 Å². The second-order valence-corrected chi connectivity index (χ2v) is 5.71. The standard InChI is InChI=1S/C19H18ClNO/c1-2-5-14-8-11-19(17(20)12-14)22-13-16-10-9-15-6-3-4-7-18(15)21-16/h3-4,6-12H,2,5,13H2,1H3. The zero-order valence-corrected chi connectivity index (χ0v) is 13.3. The summed E-state index contributed by atoms with van der Waals surface area (Å²) in [5, 5.41) is 1.79. The summed E-state index contributed by atoms with van der Waals surface area (Å²) in [5.41, 5.74) is 3.11. The molecule has 0 N–H and O–H groups in total. The summed E-state index contributed by atoms with van der Waals surface area (Å²) in [6.45, 7) is 2.57. The van der Waals surface area contributed by atoms with E-state index < -0.39 is 0 Å².